The highest BCUT2D eigenvalue weighted by atomic mass is 19.1. The Balaban J connectivity index is 1.66. The van der Waals surface area contributed by atoms with E-state index in [1.165, 1.54) is 12.1 Å². The first-order valence-electron chi connectivity index (χ1n) is 8.35. The van der Waals surface area contributed by atoms with Crippen molar-refractivity contribution in [3.8, 4) is 22.6 Å². The van der Waals surface area contributed by atoms with Gasteiger partial charge in [0.25, 0.3) is 0 Å². The number of carboxylic acid groups (broad SMARTS) is 1. The SMILES string of the molecule is CC(C)Oc1cc(F)cc(-c2ccc(OCC3CC3C(=O)O)cc2)c1. The minimum atomic E-state index is -0.755. The molecule has 132 valence electrons. The summed E-state index contributed by atoms with van der Waals surface area (Å²) in [6.07, 6.45) is 0.650. The van der Waals surface area contributed by atoms with E-state index in [1.54, 1.807) is 18.2 Å². The van der Waals surface area contributed by atoms with Gasteiger partial charge in [0, 0.05) is 12.0 Å². The summed E-state index contributed by atoms with van der Waals surface area (Å²) in [5, 5.41) is 8.89. The quantitative estimate of drug-likeness (QED) is 0.810. The summed E-state index contributed by atoms with van der Waals surface area (Å²) in [4.78, 5) is 10.8. The van der Waals surface area contributed by atoms with E-state index in [0.29, 0.717) is 24.5 Å². The van der Waals surface area contributed by atoms with Crippen LogP contribution in [0.15, 0.2) is 42.5 Å². The summed E-state index contributed by atoms with van der Waals surface area (Å²) in [7, 11) is 0. The lowest BCUT2D eigenvalue weighted by molar-refractivity contribution is -0.138. The Hall–Kier alpha value is -2.56. The number of hydrogen-bond donors (Lipinski definition) is 1. The molecule has 0 spiro atoms. The minimum Gasteiger partial charge on any atom is -0.493 e. The molecule has 0 saturated heterocycles. The van der Waals surface area contributed by atoms with Crippen LogP contribution in [0.2, 0.25) is 0 Å². The maximum absolute atomic E-state index is 13.8. The summed E-state index contributed by atoms with van der Waals surface area (Å²) < 4.78 is 25.0. The second-order valence-corrected chi connectivity index (χ2v) is 6.62. The van der Waals surface area contributed by atoms with E-state index < -0.39 is 5.97 Å². The van der Waals surface area contributed by atoms with Gasteiger partial charge in [-0.05, 0) is 55.7 Å². The van der Waals surface area contributed by atoms with Crippen LogP contribution in [0.1, 0.15) is 20.3 Å². The molecular weight excluding hydrogens is 323 g/mol. The third-order valence-corrected chi connectivity index (χ3v) is 4.13. The fourth-order valence-electron chi connectivity index (χ4n) is 2.75. The third kappa shape index (κ3) is 4.50. The predicted molar refractivity (Wildman–Crippen MR) is 92.3 cm³/mol. The van der Waals surface area contributed by atoms with Crippen LogP contribution in [-0.4, -0.2) is 23.8 Å². The van der Waals surface area contributed by atoms with Crippen LogP contribution in [0.3, 0.4) is 0 Å². The van der Waals surface area contributed by atoms with Crippen LogP contribution < -0.4 is 9.47 Å². The van der Waals surface area contributed by atoms with Gasteiger partial charge in [-0.1, -0.05) is 12.1 Å². The Morgan fingerprint density at radius 2 is 1.88 bits per heavy atom. The van der Waals surface area contributed by atoms with Crippen LogP contribution >= 0.6 is 0 Å². The first-order valence-corrected chi connectivity index (χ1v) is 8.35. The summed E-state index contributed by atoms with van der Waals surface area (Å²) in [6, 6.07) is 12.0. The van der Waals surface area contributed by atoms with Gasteiger partial charge in [-0.15, -0.1) is 0 Å². The van der Waals surface area contributed by atoms with Gasteiger partial charge in [0.2, 0.25) is 0 Å². The molecular formula is C20H21FO4. The maximum Gasteiger partial charge on any atom is 0.306 e. The van der Waals surface area contributed by atoms with Crippen molar-refractivity contribution in [1.29, 1.82) is 0 Å². The van der Waals surface area contributed by atoms with Crippen LogP contribution in [-0.2, 0) is 4.79 Å². The van der Waals surface area contributed by atoms with Crippen molar-refractivity contribution in [2.75, 3.05) is 6.61 Å². The van der Waals surface area contributed by atoms with Crippen molar-refractivity contribution < 1.29 is 23.8 Å². The van der Waals surface area contributed by atoms with E-state index in [4.69, 9.17) is 14.6 Å². The molecule has 2 unspecified atom stereocenters. The van der Waals surface area contributed by atoms with Gasteiger partial charge in [0.05, 0.1) is 18.6 Å². The molecule has 0 radical (unpaired) electrons. The molecule has 2 aromatic carbocycles. The molecule has 2 aromatic rings. The van der Waals surface area contributed by atoms with Gasteiger partial charge in [-0.3, -0.25) is 4.79 Å². The Morgan fingerprint density at radius 1 is 1.16 bits per heavy atom. The summed E-state index contributed by atoms with van der Waals surface area (Å²) >= 11 is 0. The standard InChI is InChI=1S/C20H21FO4/c1-12(2)25-18-8-14(7-16(21)10-18)13-3-5-17(6-4-13)24-11-15-9-19(15)20(22)23/h3-8,10,12,15,19H,9,11H2,1-2H3,(H,22,23). The number of halogens is 1. The van der Waals surface area contributed by atoms with Crippen molar-refractivity contribution in [2.24, 2.45) is 11.8 Å². The largest absolute Gasteiger partial charge is 0.493 e. The number of ether oxygens (including phenoxy) is 2. The van der Waals surface area contributed by atoms with Crippen molar-refractivity contribution >= 4 is 5.97 Å². The molecule has 4 nitrogen and oxygen atoms in total. The van der Waals surface area contributed by atoms with Gasteiger partial charge in [0.15, 0.2) is 0 Å². The molecule has 1 aliphatic carbocycles. The van der Waals surface area contributed by atoms with Crippen molar-refractivity contribution in [3.63, 3.8) is 0 Å². The minimum absolute atomic E-state index is 0.0255. The maximum atomic E-state index is 13.8. The van der Waals surface area contributed by atoms with E-state index in [2.05, 4.69) is 0 Å². The average molecular weight is 344 g/mol. The highest BCUT2D eigenvalue weighted by molar-refractivity contribution is 5.73. The zero-order valence-electron chi connectivity index (χ0n) is 14.2. The highest BCUT2D eigenvalue weighted by Crippen LogP contribution is 2.39. The molecule has 3 rings (SSSR count). The Morgan fingerprint density at radius 3 is 2.48 bits per heavy atom. The van der Waals surface area contributed by atoms with Crippen LogP contribution in [0.4, 0.5) is 4.39 Å². The summed E-state index contributed by atoms with van der Waals surface area (Å²) in [6.45, 7) is 4.19. The smallest absolute Gasteiger partial charge is 0.306 e. The third-order valence-electron chi connectivity index (χ3n) is 4.13. The predicted octanol–water partition coefficient (Wildman–Crippen LogP) is 4.38. The monoisotopic (exact) mass is 344 g/mol. The van der Waals surface area contributed by atoms with E-state index >= 15 is 0 Å². The molecule has 1 saturated carbocycles. The fraction of sp³-hybridized carbons (Fsp3) is 0.350. The Labute approximate surface area is 146 Å². The normalized spacial score (nSPS) is 18.9. The van der Waals surface area contributed by atoms with Crippen LogP contribution in [0.25, 0.3) is 11.1 Å². The summed E-state index contributed by atoms with van der Waals surface area (Å²) in [5.74, 6) is -0.105. The number of carbonyl (C=O) groups is 1. The lowest BCUT2D eigenvalue weighted by atomic mass is 10.1. The second-order valence-electron chi connectivity index (χ2n) is 6.62. The molecule has 0 bridgehead atoms. The molecule has 1 aliphatic rings. The second kappa shape index (κ2) is 7.13. The van der Waals surface area contributed by atoms with Crippen molar-refractivity contribution in [2.45, 2.75) is 26.4 Å². The van der Waals surface area contributed by atoms with Gasteiger partial charge in [-0.25, -0.2) is 4.39 Å². The zero-order valence-corrected chi connectivity index (χ0v) is 14.2. The number of hydrogen-bond acceptors (Lipinski definition) is 3. The Bertz CT molecular complexity index is 755. The van der Waals surface area contributed by atoms with E-state index in [9.17, 15) is 9.18 Å². The molecule has 0 heterocycles. The van der Waals surface area contributed by atoms with E-state index in [1.807, 2.05) is 26.0 Å². The fourth-order valence-corrected chi connectivity index (χ4v) is 2.75. The van der Waals surface area contributed by atoms with Gasteiger partial charge >= 0.3 is 5.97 Å². The molecule has 0 aliphatic heterocycles. The van der Waals surface area contributed by atoms with E-state index in [0.717, 1.165) is 11.1 Å². The first kappa shape index (κ1) is 17.3. The number of carboxylic acids is 1. The lowest BCUT2D eigenvalue weighted by Gasteiger charge is -2.12. The van der Waals surface area contributed by atoms with Crippen LogP contribution in [0.5, 0.6) is 11.5 Å². The van der Waals surface area contributed by atoms with E-state index in [-0.39, 0.29) is 23.8 Å². The topological polar surface area (TPSA) is 55.8 Å². The number of benzene rings is 2. The Kier molecular flexibility index (Phi) is 4.93. The van der Waals surface area contributed by atoms with Crippen molar-refractivity contribution in [1.82, 2.24) is 0 Å². The first-order chi connectivity index (χ1) is 11.9. The molecule has 0 aromatic heterocycles. The van der Waals surface area contributed by atoms with Crippen molar-refractivity contribution in [3.05, 3.63) is 48.3 Å². The number of rotatable bonds is 7. The highest BCUT2D eigenvalue weighted by Gasteiger charge is 2.43. The van der Waals surface area contributed by atoms with Gasteiger partial charge < -0.3 is 14.6 Å². The lowest BCUT2D eigenvalue weighted by Crippen LogP contribution is -2.06. The van der Waals surface area contributed by atoms with Gasteiger partial charge in [0.1, 0.15) is 17.3 Å². The van der Waals surface area contributed by atoms with Gasteiger partial charge in [-0.2, -0.15) is 0 Å². The molecule has 0 amide bonds. The molecule has 2 atom stereocenters. The number of aliphatic carboxylic acids is 1. The molecule has 1 N–H and O–H groups in total. The molecule has 25 heavy (non-hydrogen) atoms. The molecule has 5 heteroatoms. The summed E-state index contributed by atoms with van der Waals surface area (Å²) in [5.41, 5.74) is 1.59. The average Bonchev–Trinajstić information content (AvgIpc) is 3.32. The molecule has 1 fully saturated rings. The zero-order chi connectivity index (χ0) is 18.0. The van der Waals surface area contributed by atoms with Crippen LogP contribution in [0, 0.1) is 17.7 Å².